The van der Waals surface area contributed by atoms with E-state index in [1.807, 2.05) is 13.8 Å². The van der Waals surface area contributed by atoms with Gasteiger partial charge >= 0.3 is 0 Å². The topological polar surface area (TPSA) is 53.5 Å². The minimum absolute atomic E-state index is 0.00477. The van der Waals surface area contributed by atoms with E-state index in [9.17, 15) is 14.0 Å². The Morgan fingerprint density at radius 1 is 1.26 bits per heavy atom. The molecule has 0 bridgehead atoms. The van der Waals surface area contributed by atoms with E-state index in [4.69, 9.17) is 0 Å². The van der Waals surface area contributed by atoms with Crippen molar-refractivity contribution in [3.05, 3.63) is 29.8 Å². The summed E-state index contributed by atoms with van der Waals surface area (Å²) in [4.78, 5) is 30.2. The molecule has 0 saturated heterocycles. The first-order chi connectivity index (χ1) is 8.99. The number of carbonyl (C=O) groups is 2. The lowest BCUT2D eigenvalue weighted by atomic mass is 10.3. The van der Waals surface area contributed by atoms with Gasteiger partial charge < -0.3 is 9.80 Å². The van der Waals surface area contributed by atoms with E-state index in [2.05, 4.69) is 4.98 Å². The molecule has 0 unspecified atom stereocenters. The van der Waals surface area contributed by atoms with Crippen LogP contribution in [0.1, 0.15) is 24.3 Å². The van der Waals surface area contributed by atoms with E-state index in [1.165, 1.54) is 24.1 Å². The summed E-state index contributed by atoms with van der Waals surface area (Å²) in [5.41, 5.74) is -0.00477. The molecule has 1 aromatic rings. The highest BCUT2D eigenvalue weighted by molar-refractivity contribution is 5.94. The molecule has 104 valence electrons. The number of rotatable bonds is 5. The van der Waals surface area contributed by atoms with Crippen LogP contribution in [-0.4, -0.2) is 53.3 Å². The molecule has 6 heteroatoms. The van der Waals surface area contributed by atoms with E-state index in [0.717, 1.165) is 6.07 Å². The second-order valence-electron chi connectivity index (χ2n) is 4.07. The maximum Gasteiger partial charge on any atom is 0.272 e. The van der Waals surface area contributed by atoms with Crippen LogP contribution in [0.3, 0.4) is 0 Å². The number of pyridine rings is 1. The van der Waals surface area contributed by atoms with Crippen LogP contribution in [0.2, 0.25) is 0 Å². The number of amides is 2. The Morgan fingerprint density at radius 3 is 2.42 bits per heavy atom. The van der Waals surface area contributed by atoms with Crippen LogP contribution in [-0.2, 0) is 4.79 Å². The highest BCUT2D eigenvalue weighted by Gasteiger charge is 2.18. The Balaban J connectivity index is 2.70. The predicted molar refractivity (Wildman–Crippen MR) is 69.1 cm³/mol. The molecule has 0 radical (unpaired) electrons. The Hall–Kier alpha value is -1.98. The average molecular weight is 267 g/mol. The zero-order chi connectivity index (χ0) is 14.4. The third kappa shape index (κ3) is 4.01. The van der Waals surface area contributed by atoms with Gasteiger partial charge in [0.05, 0.1) is 6.54 Å². The number of hydrogen-bond acceptors (Lipinski definition) is 3. The van der Waals surface area contributed by atoms with Gasteiger partial charge in [-0.05, 0) is 26.0 Å². The Kier molecular flexibility index (Phi) is 5.41. The normalized spacial score (nSPS) is 10.1. The predicted octanol–water partition coefficient (Wildman–Crippen LogP) is 1.16. The lowest BCUT2D eigenvalue weighted by Crippen LogP contribution is -2.41. The fraction of sp³-hybridized carbons (Fsp3) is 0.462. The fourth-order valence-corrected chi connectivity index (χ4v) is 1.67. The summed E-state index contributed by atoms with van der Waals surface area (Å²) < 4.78 is 12.9. The lowest BCUT2D eigenvalue weighted by Gasteiger charge is -2.22. The molecule has 19 heavy (non-hydrogen) atoms. The minimum atomic E-state index is -0.714. The molecule has 0 aliphatic heterocycles. The largest absolute Gasteiger partial charge is 0.342 e. The second kappa shape index (κ2) is 6.82. The van der Waals surface area contributed by atoms with Crippen molar-refractivity contribution in [1.29, 1.82) is 0 Å². The van der Waals surface area contributed by atoms with Crippen molar-refractivity contribution in [2.24, 2.45) is 0 Å². The number of carbonyl (C=O) groups excluding carboxylic acids is 2. The molecule has 1 heterocycles. The van der Waals surface area contributed by atoms with E-state index in [-0.39, 0.29) is 18.1 Å². The number of nitrogens with zero attached hydrogens (tertiary/aromatic N) is 3. The van der Waals surface area contributed by atoms with Crippen LogP contribution in [0.4, 0.5) is 4.39 Å². The molecule has 1 rings (SSSR count). The molecule has 2 amide bonds. The molecule has 0 aliphatic carbocycles. The molecular weight excluding hydrogens is 249 g/mol. The van der Waals surface area contributed by atoms with Crippen LogP contribution in [0.25, 0.3) is 0 Å². The number of hydrogen-bond donors (Lipinski definition) is 0. The van der Waals surface area contributed by atoms with E-state index in [1.54, 1.807) is 4.90 Å². The first-order valence-electron chi connectivity index (χ1n) is 6.15. The number of aromatic nitrogens is 1. The van der Waals surface area contributed by atoms with Crippen molar-refractivity contribution in [3.63, 3.8) is 0 Å². The summed E-state index contributed by atoms with van der Waals surface area (Å²) in [6.07, 6.45) is 0. The van der Waals surface area contributed by atoms with Crippen molar-refractivity contribution in [1.82, 2.24) is 14.8 Å². The molecule has 0 fully saturated rings. The molecule has 5 nitrogen and oxygen atoms in total. The van der Waals surface area contributed by atoms with Crippen LogP contribution in [0.15, 0.2) is 18.2 Å². The van der Waals surface area contributed by atoms with Crippen LogP contribution in [0, 0.1) is 5.95 Å². The quantitative estimate of drug-likeness (QED) is 0.752. The zero-order valence-electron chi connectivity index (χ0n) is 11.4. The van der Waals surface area contributed by atoms with Gasteiger partial charge in [0.15, 0.2) is 0 Å². The SMILES string of the molecule is CCN(CC)C(=O)CN(C)C(=O)c1cccc(F)n1. The first kappa shape index (κ1) is 15.1. The van der Waals surface area contributed by atoms with Crippen molar-refractivity contribution in [2.75, 3.05) is 26.7 Å². The monoisotopic (exact) mass is 267 g/mol. The molecular formula is C13H18FN3O2. The van der Waals surface area contributed by atoms with E-state index < -0.39 is 11.9 Å². The van der Waals surface area contributed by atoms with Gasteiger partial charge in [0, 0.05) is 20.1 Å². The summed E-state index contributed by atoms with van der Waals surface area (Å²) in [5.74, 6) is -1.33. The summed E-state index contributed by atoms with van der Waals surface area (Å²) in [7, 11) is 1.50. The summed E-state index contributed by atoms with van der Waals surface area (Å²) in [6.45, 7) is 4.89. The molecule has 0 spiro atoms. The molecule has 1 aromatic heterocycles. The Morgan fingerprint density at radius 2 is 1.89 bits per heavy atom. The van der Waals surface area contributed by atoms with E-state index in [0.29, 0.717) is 13.1 Å². The first-order valence-corrected chi connectivity index (χ1v) is 6.15. The third-order valence-electron chi connectivity index (χ3n) is 2.77. The number of likely N-dealkylation sites (N-methyl/N-ethyl adjacent to an activating group) is 2. The summed E-state index contributed by atoms with van der Waals surface area (Å²) >= 11 is 0. The fourth-order valence-electron chi connectivity index (χ4n) is 1.67. The van der Waals surface area contributed by atoms with Gasteiger partial charge in [0.2, 0.25) is 11.9 Å². The highest BCUT2D eigenvalue weighted by atomic mass is 19.1. The minimum Gasteiger partial charge on any atom is -0.342 e. The zero-order valence-corrected chi connectivity index (χ0v) is 11.4. The van der Waals surface area contributed by atoms with Gasteiger partial charge in [-0.25, -0.2) is 4.98 Å². The van der Waals surface area contributed by atoms with Crippen LogP contribution >= 0.6 is 0 Å². The van der Waals surface area contributed by atoms with Gasteiger partial charge in [-0.15, -0.1) is 0 Å². The summed E-state index contributed by atoms with van der Waals surface area (Å²) in [6, 6.07) is 4.00. The van der Waals surface area contributed by atoms with Crippen molar-refractivity contribution < 1.29 is 14.0 Å². The van der Waals surface area contributed by atoms with Gasteiger partial charge in [0.1, 0.15) is 5.69 Å². The molecule has 0 aromatic carbocycles. The van der Waals surface area contributed by atoms with Crippen molar-refractivity contribution >= 4 is 11.8 Å². The average Bonchev–Trinajstić information content (AvgIpc) is 2.39. The van der Waals surface area contributed by atoms with Gasteiger partial charge in [-0.2, -0.15) is 4.39 Å². The molecule has 0 atom stereocenters. The third-order valence-corrected chi connectivity index (χ3v) is 2.77. The number of halogens is 1. The maximum atomic E-state index is 12.9. The Bertz CT molecular complexity index is 461. The van der Waals surface area contributed by atoms with E-state index >= 15 is 0 Å². The van der Waals surface area contributed by atoms with Gasteiger partial charge in [-0.3, -0.25) is 9.59 Å². The smallest absolute Gasteiger partial charge is 0.272 e. The van der Waals surface area contributed by atoms with Gasteiger partial charge in [0.25, 0.3) is 5.91 Å². The summed E-state index contributed by atoms with van der Waals surface area (Å²) in [5, 5.41) is 0. The highest BCUT2D eigenvalue weighted by Crippen LogP contribution is 2.02. The Labute approximate surface area is 112 Å². The van der Waals surface area contributed by atoms with Crippen molar-refractivity contribution in [2.45, 2.75) is 13.8 Å². The lowest BCUT2D eigenvalue weighted by molar-refractivity contribution is -0.131. The molecule has 0 saturated carbocycles. The molecule has 0 N–H and O–H groups in total. The van der Waals surface area contributed by atoms with Gasteiger partial charge in [-0.1, -0.05) is 6.07 Å². The second-order valence-corrected chi connectivity index (χ2v) is 4.07. The van der Waals surface area contributed by atoms with Crippen LogP contribution < -0.4 is 0 Å². The van der Waals surface area contributed by atoms with Crippen LogP contribution in [0.5, 0.6) is 0 Å². The molecule has 0 aliphatic rings. The maximum absolute atomic E-state index is 12.9. The standard InChI is InChI=1S/C13H18FN3O2/c1-4-17(5-2)12(18)9-16(3)13(19)10-7-6-8-11(14)15-10/h6-8H,4-5,9H2,1-3H3. The van der Waals surface area contributed by atoms with Crippen molar-refractivity contribution in [3.8, 4) is 0 Å².